The number of ether oxygens (including phenoxy) is 1. The molecule has 1 aromatic carbocycles. The summed E-state index contributed by atoms with van der Waals surface area (Å²) < 4.78 is 24.1. The highest BCUT2D eigenvalue weighted by molar-refractivity contribution is 5.78. The van der Waals surface area contributed by atoms with Crippen LogP contribution >= 0.6 is 0 Å². The molecule has 0 atom stereocenters. The standard InChI is InChI=1S/C18H16FN3O3/c19-14-5-2-1-4-13(14)12-17(23)20-9-11-25-18-8-7-15(21-22-18)16-6-3-10-24-16/h1-8,10H,9,11-12H2,(H,20,23). The van der Waals surface area contributed by atoms with E-state index in [2.05, 4.69) is 15.5 Å². The van der Waals surface area contributed by atoms with Gasteiger partial charge in [0.2, 0.25) is 11.8 Å². The predicted octanol–water partition coefficient (Wildman–Crippen LogP) is 2.61. The molecule has 25 heavy (non-hydrogen) atoms. The summed E-state index contributed by atoms with van der Waals surface area (Å²) in [6, 6.07) is 13.2. The maximum Gasteiger partial charge on any atom is 0.233 e. The summed E-state index contributed by atoms with van der Waals surface area (Å²) in [6.45, 7) is 0.521. The third-order valence-corrected chi connectivity index (χ3v) is 3.40. The number of carbonyl (C=O) groups is 1. The lowest BCUT2D eigenvalue weighted by Gasteiger charge is -2.07. The number of nitrogens with one attached hydrogen (secondary N) is 1. The van der Waals surface area contributed by atoms with E-state index in [4.69, 9.17) is 9.15 Å². The second-order valence-corrected chi connectivity index (χ2v) is 5.20. The van der Waals surface area contributed by atoms with Crippen LogP contribution in [0.1, 0.15) is 5.56 Å². The molecule has 0 aliphatic heterocycles. The van der Waals surface area contributed by atoms with E-state index in [0.717, 1.165) is 0 Å². The maximum absolute atomic E-state index is 13.5. The molecule has 0 radical (unpaired) electrons. The molecular weight excluding hydrogens is 325 g/mol. The van der Waals surface area contributed by atoms with E-state index in [-0.39, 0.29) is 31.3 Å². The van der Waals surface area contributed by atoms with Crippen molar-refractivity contribution in [3.63, 3.8) is 0 Å². The van der Waals surface area contributed by atoms with Gasteiger partial charge in [-0.05, 0) is 29.8 Å². The van der Waals surface area contributed by atoms with Crippen molar-refractivity contribution in [1.82, 2.24) is 15.5 Å². The van der Waals surface area contributed by atoms with Crippen molar-refractivity contribution in [2.45, 2.75) is 6.42 Å². The first-order valence-electron chi connectivity index (χ1n) is 7.73. The molecule has 0 saturated carbocycles. The van der Waals surface area contributed by atoms with Crippen LogP contribution < -0.4 is 10.1 Å². The van der Waals surface area contributed by atoms with Crippen molar-refractivity contribution in [3.8, 4) is 17.3 Å². The Balaban J connectivity index is 1.41. The van der Waals surface area contributed by atoms with Gasteiger partial charge in [-0.1, -0.05) is 18.2 Å². The summed E-state index contributed by atoms with van der Waals surface area (Å²) in [5.41, 5.74) is 0.968. The fraction of sp³-hybridized carbons (Fsp3) is 0.167. The first kappa shape index (κ1) is 16.6. The van der Waals surface area contributed by atoms with Gasteiger partial charge in [-0.15, -0.1) is 10.2 Å². The molecule has 128 valence electrons. The predicted molar refractivity (Wildman–Crippen MR) is 88.3 cm³/mol. The molecule has 2 heterocycles. The fourth-order valence-electron chi connectivity index (χ4n) is 2.18. The number of furan rings is 1. The lowest BCUT2D eigenvalue weighted by molar-refractivity contribution is -0.120. The molecule has 0 fully saturated rings. The van der Waals surface area contributed by atoms with E-state index in [1.54, 1.807) is 48.7 Å². The van der Waals surface area contributed by atoms with Crippen molar-refractivity contribution >= 4 is 5.91 Å². The van der Waals surface area contributed by atoms with Crippen LogP contribution in [0.3, 0.4) is 0 Å². The molecule has 0 saturated heterocycles. The van der Waals surface area contributed by atoms with Crippen molar-refractivity contribution in [1.29, 1.82) is 0 Å². The van der Waals surface area contributed by atoms with Crippen LogP contribution in [0.15, 0.2) is 59.2 Å². The lowest BCUT2D eigenvalue weighted by atomic mass is 10.1. The average Bonchev–Trinajstić information content (AvgIpc) is 3.16. The molecule has 6 nitrogen and oxygen atoms in total. The topological polar surface area (TPSA) is 77.2 Å². The Morgan fingerprint density at radius 1 is 1.12 bits per heavy atom. The van der Waals surface area contributed by atoms with Gasteiger partial charge in [-0.2, -0.15) is 0 Å². The Labute approximate surface area is 143 Å². The largest absolute Gasteiger partial charge is 0.475 e. The van der Waals surface area contributed by atoms with E-state index in [9.17, 15) is 9.18 Å². The normalized spacial score (nSPS) is 10.4. The van der Waals surface area contributed by atoms with Gasteiger partial charge >= 0.3 is 0 Å². The Bertz CT molecular complexity index is 820. The average molecular weight is 341 g/mol. The zero-order valence-electron chi connectivity index (χ0n) is 13.3. The number of hydrogen-bond acceptors (Lipinski definition) is 5. The molecular formula is C18H16FN3O3. The van der Waals surface area contributed by atoms with E-state index in [0.29, 0.717) is 22.9 Å². The minimum Gasteiger partial charge on any atom is -0.475 e. The van der Waals surface area contributed by atoms with E-state index in [1.165, 1.54) is 6.07 Å². The second kappa shape index (κ2) is 8.05. The molecule has 0 bridgehead atoms. The van der Waals surface area contributed by atoms with Gasteiger partial charge in [-0.3, -0.25) is 4.79 Å². The highest BCUT2D eigenvalue weighted by Crippen LogP contribution is 2.17. The summed E-state index contributed by atoms with van der Waals surface area (Å²) in [4.78, 5) is 11.8. The quantitative estimate of drug-likeness (QED) is 0.669. The van der Waals surface area contributed by atoms with E-state index in [1.807, 2.05) is 0 Å². The first-order valence-corrected chi connectivity index (χ1v) is 7.73. The Hall–Kier alpha value is -3.22. The minimum atomic E-state index is -0.388. The van der Waals surface area contributed by atoms with Crippen LogP contribution in [0.4, 0.5) is 4.39 Å². The van der Waals surface area contributed by atoms with Crippen molar-refractivity contribution in [2.24, 2.45) is 0 Å². The molecule has 1 amide bonds. The van der Waals surface area contributed by atoms with Crippen LogP contribution in [0.2, 0.25) is 0 Å². The number of hydrogen-bond donors (Lipinski definition) is 1. The molecule has 2 aromatic heterocycles. The zero-order valence-corrected chi connectivity index (χ0v) is 13.3. The third-order valence-electron chi connectivity index (χ3n) is 3.40. The Kier molecular flexibility index (Phi) is 5.36. The van der Waals surface area contributed by atoms with Crippen LogP contribution in [-0.2, 0) is 11.2 Å². The van der Waals surface area contributed by atoms with Crippen molar-refractivity contribution in [3.05, 3.63) is 66.2 Å². The monoisotopic (exact) mass is 341 g/mol. The summed E-state index contributed by atoms with van der Waals surface area (Å²) in [5, 5.41) is 10.6. The summed E-state index contributed by atoms with van der Waals surface area (Å²) in [7, 11) is 0. The van der Waals surface area contributed by atoms with Gasteiger partial charge in [0.25, 0.3) is 0 Å². The number of benzene rings is 1. The SMILES string of the molecule is O=C(Cc1ccccc1F)NCCOc1ccc(-c2ccco2)nn1. The lowest BCUT2D eigenvalue weighted by Crippen LogP contribution is -2.29. The summed E-state index contributed by atoms with van der Waals surface area (Å²) in [6.07, 6.45) is 1.55. The fourth-order valence-corrected chi connectivity index (χ4v) is 2.18. The number of amides is 1. The number of halogens is 1. The molecule has 7 heteroatoms. The number of aromatic nitrogens is 2. The van der Waals surface area contributed by atoms with Gasteiger partial charge in [-0.25, -0.2) is 4.39 Å². The smallest absolute Gasteiger partial charge is 0.233 e. The van der Waals surface area contributed by atoms with Gasteiger partial charge < -0.3 is 14.5 Å². The maximum atomic E-state index is 13.5. The first-order chi connectivity index (χ1) is 12.2. The van der Waals surface area contributed by atoms with Gasteiger partial charge in [0, 0.05) is 6.07 Å². The van der Waals surface area contributed by atoms with Gasteiger partial charge in [0.05, 0.1) is 19.2 Å². The van der Waals surface area contributed by atoms with Crippen molar-refractivity contribution in [2.75, 3.05) is 13.2 Å². The molecule has 3 aromatic rings. The second-order valence-electron chi connectivity index (χ2n) is 5.20. The summed E-state index contributed by atoms with van der Waals surface area (Å²) >= 11 is 0. The van der Waals surface area contributed by atoms with E-state index >= 15 is 0 Å². The molecule has 3 rings (SSSR count). The molecule has 0 unspecified atom stereocenters. The summed E-state index contributed by atoms with van der Waals surface area (Å²) in [5.74, 6) is 0.312. The minimum absolute atomic E-state index is 0.00960. The van der Waals surface area contributed by atoms with Crippen LogP contribution in [-0.4, -0.2) is 29.3 Å². The van der Waals surface area contributed by atoms with Crippen LogP contribution in [0.5, 0.6) is 5.88 Å². The highest BCUT2D eigenvalue weighted by atomic mass is 19.1. The highest BCUT2D eigenvalue weighted by Gasteiger charge is 2.07. The molecule has 0 aliphatic rings. The molecule has 1 N–H and O–H groups in total. The Morgan fingerprint density at radius 2 is 2.00 bits per heavy atom. The molecule has 0 aliphatic carbocycles. The van der Waals surface area contributed by atoms with E-state index < -0.39 is 0 Å². The number of nitrogens with zero attached hydrogens (tertiary/aromatic N) is 2. The van der Waals surface area contributed by atoms with Gasteiger partial charge in [0.1, 0.15) is 18.1 Å². The number of carbonyl (C=O) groups excluding carboxylic acids is 1. The number of rotatable bonds is 7. The van der Waals surface area contributed by atoms with Gasteiger partial charge in [0.15, 0.2) is 5.76 Å². The molecule has 0 spiro atoms. The van der Waals surface area contributed by atoms with Crippen LogP contribution in [0.25, 0.3) is 11.5 Å². The van der Waals surface area contributed by atoms with Crippen molar-refractivity contribution < 1.29 is 18.3 Å². The van der Waals surface area contributed by atoms with Crippen LogP contribution in [0, 0.1) is 5.82 Å². The zero-order chi connectivity index (χ0) is 17.5. The Morgan fingerprint density at radius 3 is 2.72 bits per heavy atom. The third kappa shape index (κ3) is 4.63.